The van der Waals surface area contributed by atoms with Crippen LogP contribution in [0.2, 0.25) is 0 Å². The van der Waals surface area contributed by atoms with E-state index in [1.807, 2.05) is 29.5 Å². The van der Waals surface area contributed by atoms with Gasteiger partial charge in [-0.3, -0.25) is 0 Å². The van der Waals surface area contributed by atoms with E-state index >= 15 is 0 Å². The predicted molar refractivity (Wildman–Crippen MR) is 243 cm³/mol. The quantitative estimate of drug-likeness (QED) is 0.180. The van der Waals surface area contributed by atoms with E-state index in [-0.39, 0.29) is 0 Å². The van der Waals surface area contributed by atoms with Gasteiger partial charge in [0.25, 0.3) is 0 Å². The van der Waals surface area contributed by atoms with Gasteiger partial charge in [-0.1, -0.05) is 140 Å². The monoisotopic (exact) mass is 754 g/mol. The summed E-state index contributed by atoms with van der Waals surface area (Å²) in [5, 5.41) is 10.2. The summed E-state index contributed by atoms with van der Waals surface area (Å²) in [5.41, 5.74) is 11.5. The van der Waals surface area contributed by atoms with Gasteiger partial charge >= 0.3 is 0 Å². The third-order valence-corrected chi connectivity index (χ3v) is 13.2. The normalized spacial score (nSPS) is 12.1. The second kappa shape index (κ2) is 12.0. The van der Waals surface area contributed by atoms with Gasteiger partial charge in [0.1, 0.15) is 0 Å². The van der Waals surface area contributed by atoms with Crippen LogP contribution in [0.15, 0.2) is 182 Å². The zero-order valence-electron chi connectivity index (χ0n) is 31.0. The highest BCUT2D eigenvalue weighted by atomic mass is 32.1. The van der Waals surface area contributed by atoms with Gasteiger partial charge in [-0.15, -0.1) is 11.3 Å². The van der Waals surface area contributed by atoms with Crippen LogP contribution >= 0.6 is 11.3 Å². The summed E-state index contributed by atoms with van der Waals surface area (Å²) in [7, 11) is 0. The average molecular weight is 755 g/mol. The molecule has 0 unspecified atom stereocenters. The van der Waals surface area contributed by atoms with Crippen LogP contribution in [0.5, 0.6) is 0 Å². The number of hydrogen-bond donors (Lipinski definition) is 0. The van der Waals surface area contributed by atoms with E-state index in [2.05, 4.69) is 168 Å². The number of nitrogens with zero attached hydrogens (tertiary/aromatic N) is 4. The standard InChI is InChI=1S/C53H30N4S/c1-2-13-32(14-3-1)51-54-52(56-53(55-51)35-25-24-31-12-4-5-15-34(31)30-35)33-26-28-36(29-27-33)57-43-22-11-20-40-38-17-7-6-16-37(38)39-19-10-21-42-45(39)48(46(40)43)49(57)47-41-18-8-9-23-44(41)58-50(42)47/h1-30H. The van der Waals surface area contributed by atoms with Crippen LogP contribution in [-0.4, -0.2) is 19.5 Å². The molecule has 0 bridgehead atoms. The lowest BCUT2D eigenvalue weighted by atomic mass is 9.93. The summed E-state index contributed by atoms with van der Waals surface area (Å²) >= 11 is 1.90. The number of thiophene rings is 1. The van der Waals surface area contributed by atoms with Crippen molar-refractivity contribution in [3.8, 4) is 62.1 Å². The van der Waals surface area contributed by atoms with Crippen molar-refractivity contribution in [3.05, 3.63) is 182 Å². The van der Waals surface area contributed by atoms with Gasteiger partial charge in [0, 0.05) is 64.1 Å². The Morgan fingerprint density at radius 3 is 1.76 bits per heavy atom. The molecule has 9 aromatic carbocycles. The third kappa shape index (κ3) is 4.47. The minimum Gasteiger partial charge on any atom is -0.309 e. The maximum Gasteiger partial charge on any atom is 0.164 e. The molecule has 1 aliphatic carbocycles. The number of rotatable bonds is 4. The Balaban J connectivity index is 1.08. The molecule has 0 atom stereocenters. The average Bonchev–Trinajstić information content (AvgIpc) is 3.82. The largest absolute Gasteiger partial charge is 0.309 e. The van der Waals surface area contributed by atoms with E-state index < -0.39 is 0 Å². The summed E-state index contributed by atoms with van der Waals surface area (Å²) in [5.74, 6) is 1.94. The van der Waals surface area contributed by atoms with Crippen molar-refractivity contribution in [2.24, 2.45) is 0 Å². The molecule has 13 rings (SSSR count). The van der Waals surface area contributed by atoms with Crippen molar-refractivity contribution in [2.45, 2.75) is 0 Å². The van der Waals surface area contributed by atoms with Crippen molar-refractivity contribution in [1.29, 1.82) is 0 Å². The van der Waals surface area contributed by atoms with Gasteiger partial charge in [0.15, 0.2) is 17.5 Å². The van der Waals surface area contributed by atoms with Gasteiger partial charge < -0.3 is 4.57 Å². The zero-order chi connectivity index (χ0) is 37.9. The van der Waals surface area contributed by atoms with Crippen molar-refractivity contribution < 1.29 is 0 Å². The fourth-order valence-electron chi connectivity index (χ4n) is 9.41. The molecule has 0 amide bonds. The number of aromatic nitrogens is 4. The molecule has 0 aliphatic heterocycles. The summed E-state index contributed by atoms with van der Waals surface area (Å²) < 4.78 is 5.13. The first-order valence-electron chi connectivity index (χ1n) is 19.6. The van der Waals surface area contributed by atoms with Crippen LogP contribution in [0, 0.1) is 0 Å². The fourth-order valence-corrected chi connectivity index (χ4v) is 10.6. The van der Waals surface area contributed by atoms with Crippen molar-refractivity contribution in [2.75, 3.05) is 0 Å². The molecule has 58 heavy (non-hydrogen) atoms. The Bertz CT molecular complexity index is 3670. The van der Waals surface area contributed by atoms with Crippen molar-refractivity contribution in [1.82, 2.24) is 19.5 Å². The molecule has 5 heteroatoms. The maximum absolute atomic E-state index is 5.12. The highest BCUT2D eigenvalue weighted by Crippen LogP contribution is 2.54. The lowest BCUT2D eigenvalue weighted by molar-refractivity contribution is 1.07. The Labute approximate surface area is 337 Å². The number of fused-ring (bicyclic) bond motifs is 9. The van der Waals surface area contributed by atoms with E-state index in [9.17, 15) is 0 Å². The first kappa shape index (κ1) is 31.7. The Hall–Kier alpha value is -7.47. The molecule has 0 saturated carbocycles. The molecule has 4 nitrogen and oxygen atoms in total. The van der Waals surface area contributed by atoms with Crippen LogP contribution in [0.1, 0.15) is 0 Å². The van der Waals surface area contributed by atoms with Gasteiger partial charge in [-0.25, -0.2) is 15.0 Å². The topological polar surface area (TPSA) is 43.6 Å². The van der Waals surface area contributed by atoms with E-state index in [4.69, 9.17) is 15.0 Å². The molecule has 3 aromatic heterocycles. The van der Waals surface area contributed by atoms with Gasteiger partial charge in [-0.05, 0) is 75.5 Å². The minimum absolute atomic E-state index is 0.640. The predicted octanol–water partition coefficient (Wildman–Crippen LogP) is 14.3. The van der Waals surface area contributed by atoms with Crippen molar-refractivity contribution in [3.63, 3.8) is 0 Å². The van der Waals surface area contributed by atoms with Crippen LogP contribution in [0.4, 0.5) is 0 Å². The highest BCUT2D eigenvalue weighted by molar-refractivity contribution is 7.27. The van der Waals surface area contributed by atoms with Crippen LogP contribution in [0.3, 0.4) is 0 Å². The maximum atomic E-state index is 5.12. The molecule has 0 spiro atoms. The van der Waals surface area contributed by atoms with Crippen molar-refractivity contribution >= 4 is 74.9 Å². The summed E-state index contributed by atoms with van der Waals surface area (Å²) in [4.78, 5) is 15.2. The third-order valence-electron chi connectivity index (χ3n) is 12.0. The Kier molecular flexibility index (Phi) is 6.57. The van der Waals surface area contributed by atoms with E-state index in [1.54, 1.807) is 0 Å². The molecule has 1 aliphatic rings. The van der Waals surface area contributed by atoms with Crippen LogP contribution in [0.25, 0.3) is 126 Å². The summed E-state index contributed by atoms with van der Waals surface area (Å²) in [6.45, 7) is 0. The molecule has 3 heterocycles. The minimum atomic E-state index is 0.640. The first-order chi connectivity index (χ1) is 28.8. The number of hydrogen-bond acceptors (Lipinski definition) is 4. The Morgan fingerprint density at radius 2 is 0.966 bits per heavy atom. The summed E-state index contributed by atoms with van der Waals surface area (Å²) in [6.07, 6.45) is 0. The van der Waals surface area contributed by atoms with E-state index in [0.29, 0.717) is 17.5 Å². The molecule has 0 saturated heterocycles. The molecule has 0 radical (unpaired) electrons. The molecular formula is C53H30N4S. The SMILES string of the molecule is c1ccc(-c2nc(-c3ccc(-n4c5cccc6c5c5c7c(cccc7c7sc8ccccc8c7c54)-c4ccccc4-6)cc3)nc(-c3ccc4ccccc4c3)n2)cc1. The lowest BCUT2D eigenvalue weighted by Crippen LogP contribution is -2.00. The van der Waals surface area contributed by atoms with Crippen LogP contribution < -0.4 is 0 Å². The van der Waals surface area contributed by atoms with Crippen LogP contribution in [-0.2, 0) is 0 Å². The van der Waals surface area contributed by atoms with Gasteiger partial charge in [0.05, 0.1) is 11.0 Å². The lowest BCUT2D eigenvalue weighted by Gasteiger charge is -2.15. The molecular weight excluding hydrogens is 725 g/mol. The Morgan fingerprint density at radius 1 is 0.379 bits per heavy atom. The first-order valence-corrected chi connectivity index (χ1v) is 20.4. The zero-order valence-corrected chi connectivity index (χ0v) is 31.8. The second-order valence-corrected chi connectivity index (χ2v) is 16.2. The smallest absolute Gasteiger partial charge is 0.164 e. The van der Waals surface area contributed by atoms with E-state index in [0.717, 1.165) is 27.8 Å². The molecule has 0 fully saturated rings. The van der Waals surface area contributed by atoms with Gasteiger partial charge in [0.2, 0.25) is 0 Å². The second-order valence-electron chi connectivity index (χ2n) is 15.1. The molecule has 12 aromatic rings. The molecule has 0 N–H and O–H groups in total. The molecule has 268 valence electrons. The van der Waals surface area contributed by atoms with E-state index in [1.165, 1.54) is 80.4 Å². The fraction of sp³-hybridized carbons (Fsp3) is 0. The van der Waals surface area contributed by atoms with Gasteiger partial charge in [-0.2, -0.15) is 0 Å². The number of benzene rings is 9. The highest BCUT2D eigenvalue weighted by Gasteiger charge is 2.28. The summed E-state index contributed by atoms with van der Waals surface area (Å²) in [6, 6.07) is 65.3.